The number of para-hydroxylation sites is 1. The van der Waals surface area contributed by atoms with Gasteiger partial charge in [-0.05, 0) is 36.4 Å². The molecule has 4 heteroatoms. The van der Waals surface area contributed by atoms with E-state index in [9.17, 15) is 0 Å². The zero-order chi connectivity index (χ0) is 12.1. The lowest BCUT2D eigenvalue weighted by Crippen LogP contribution is -1.62. The van der Waals surface area contributed by atoms with Crippen molar-refractivity contribution >= 4 is 34.2 Å². The van der Waals surface area contributed by atoms with E-state index in [-0.39, 0.29) is 5.75 Å². The van der Waals surface area contributed by atoms with E-state index in [1.54, 1.807) is 35.6 Å². The van der Waals surface area contributed by atoms with Gasteiger partial charge in [0, 0.05) is 4.90 Å². The van der Waals surface area contributed by atoms with Crippen molar-refractivity contribution in [2.75, 3.05) is 0 Å². The summed E-state index contributed by atoms with van der Waals surface area (Å²) in [5.74, 6) is 0.280. The Bertz CT molecular complexity index is 538. The second-order valence-electron chi connectivity index (χ2n) is 3.34. The maximum absolute atomic E-state index is 8.72. The first-order valence-electron chi connectivity index (χ1n) is 5.02. The fourth-order valence-electron chi connectivity index (χ4n) is 1.26. The van der Waals surface area contributed by atoms with Crippen molar-refractivity contribution in [1.82, 2.24) is 4.98 Å². The van der Waals surface area contributed by atoms with Crippen LogP contribution in [0, 0.1) is 0 Å². The van der Waals surface area contributed by atoms with Crippen molar-refractivity contribution in [1.29, 1.82) is 0 Å². The van der Waals surface area contributed by atoms with Crippen molar-refractivity contribution in [2.45, 2.75) is 4.90 Å². The Morgan fingerprint density at radius 3 is 2.35 bits per heavy atom. The summed E-state index contributed by atoms with van der Waals surface area (Å²) in [7, 11) is 0. The molecule has 0 unspecified atom stereocenters. The lowest BCUT2D eigenvalue weighted by molar-refractivity contribution is 0.475. The van der Waals surface area contributed by atoms with Crippen LogP contribution in [0.2, 0.25) is 0 Å². The van der Waals surface area contributed by atoms with Gasteiger partial charge in [-0.3, -0.25) is 0 Å². The molecular weight excluding hydrogens is 250 g/mol. The van der Waals surface area contributed by atoms with Crippen molar-refractivity contribution in [3.05, 3.63) is 54.0 Å². The minimum absolute atomic E-state index is 0.280. The van der Waals surface area contributed by atoms with E-state index in [2.05, 4.69) is 23.7 Å². The highest BCUT2D eigenvalue weighted by molar-refractivity contribution is 7.80. The number of aromatic nitrogens is 1. The summed E-state index contributed by atoms with van der Waals surface area (Å²) in [6, 6.07) is 14.8. The Labute approximate surface area is 109 Å². The fraction of sp³-hybridized carbons (Fsp3) is 0. The highest BCUT2D eigenvalue weighted by Crippen LogP contribution is 2.15. The van der Waals surface area contributed by atoms with Crippen LogP contribution in [0.1, 0.15) is 0 Å². The smallest absolute Gasteiger partial charge is 0.115 e. The van der Waals surface area contributed by atoms with Gasteiger partial charge in [0.15, 0.2) is 0 Å². The van der Waals surface area contributed by atoms with E-state index in [4.69, 9.17) is 5.11 Å². The normalized spacial score (nSPS) is 9.71. The number of thiazole rings is 1. The van der Waals surface area contributed by atoms with Gasteiger partial charge < -0.3 is 5.11 Å². The van der Waals surface area contributed by atoms with E-state index in [0.717, 1.165) is 10.4 Å². The maximum Gasteiger partial charge on any atom is 0.115 e. The van der Waals surface area contributed by atoms with E-state index in [1.165, 1.54) is 4.70 Å². The Morgan fingerprint density at radius 1 is 1.00 bits per heavy atom. The van der Waals surface area contributed by atoms with Crippen LogP contribution in [0.5, 0.6) is 5.75 Å². The zero-order valence-corrected chi connectivity index (χ0v) is 10.7. The molecule has 0 fully saturated rings. The number of hydrogen-bond acceptors (Lipinski definition) is 4. The SMILES string of the molecule is Oc1ccc(S)cc1.c1ccc2scnc2c1. The van der Waals surface area contributed by atoms with Crippen LogP contribution in [0.25, 0.3) is 10.2 Å². The molecule has 2 nitrogen and oxygen atoms in total. The van der Waals surface area contributed by atoms with Gasteiger partial charge in [0.2, 0.25) is 0 Å². The lowest BCUT2D eigenvalue weighted by atomic mass is 10.3. The van der Waals surface area contributed by atoms with Crippen molar-refractivity contribution in [2.24, 2.45) is 0 Å². The van der Waals surface area contributed by atoms with Crippen molar-refractivity contribution in [3.63, 3.8) is 0 Å². The van der Waals surface area contributed by atoms with Gasteiger partial charge in [0.05, 0.1) is 15.7 Å². The van der Waals surface area contributed by atoms with Crippen LogP contribution in [-0.4, -0.2) is 10.1 Å². The molecule has 3 aromatic rings. The first kappa shape index (κ1) is 12.0. The third-order valence-electron chi connectivity index (χ3n) is 2.09. The first-order chi connectivity index (χ1) is 8.25. The molecule has 1 aromatic heterocycles. The van der Waals surface area contributed by atoms with E-state index in [1.807, 2.05) is 23.7 Å². The quantitative estimate of drug-likeness (QED) is 0.600. The molecule has 0 atom stereocenters. The highest BCUT2D eigenvalue weighted by atomic mass is 32.1. The number of hydrogen-bond donors (Lipinski definition) is 2. The Kier molecular flexibility index (Phi) is 4.01. The third-order valence-corrected chi connectivity index (χ3v) is 3.19. The summed E-state index contributed by atoms with van der Waals surface area (Å²) in [4.78, 5) is 5.00. The molecule has 1 heterocycles. The summed E-state index contributed by atoms with van der Waals surface area (Å²) in [5.41, 5.74) is 2.97. The molecule has 0 aliphatic rings. The molecule has 17 heavy (non-hydrogen) atoms. The molecule has 0 saturated carbocycles. The molecule has 0 spiro atoms. The molecule has 0 amide bonds. The highest BCUT2D eigenvalue weighted by Gasteiger charge is 1.89. The molecular formula is C13H11NOS2. The number of fused-ring (bicyclic) bond motifs is 1. The number of benzene rings is 2. The average Bonchev–Trinajstić information content (AvgIpc) is 2.82. The first-order valence-corrected chi connectivity index (χ1v) is 6.34. The Hall–Kier alpha value is -1.52. The molecule has 0 aliphatic carbocycles. The van der Waals surface area contributed by atoms with E-state index in [0.29, 0.717) is 0 Å². The topological polar surface area (TPSA) is 33.1 Å². The number of nitrogens with zero attached hydrogens (tertiary/aromatic N) is 1. The lowest BCUT2D eigenvalue weighted by Gasteiger charge is -1.88. The molecule has 0 saturated heterocycles. The Morgan fingerprint density at radius 2 is 1.71 bits per heavy atom. The number of phenolic OH excluding ortho intramolecular Hbond substituents is 1. The van der Waals surface area contributed by atoms with Crippen LogP contribution in [0.3, 0.4) is 0 Å². The second-order valence-corrected chi connectivity index (χ2v) is 4.74. The molecule has 0 bridgehead atoms. The van der Waals surface area contributed by atoms with Crippen LogP contribution < -0.4 is 0 Å². The van der Waals surface area contributed by atoms with Gasteiger partial charge in [-0.1, -0.05) is 12.1 Å². The molecule has 1 N–H and O–H groups in total. The number of thiol groups is 1. The minimum atomic E-state index is 0.280. The molecule has 0 radical (unpaired) electrons. The summed E-state index contributed by atoms with van der Waals surface area (Å²) in [6.45, 7) is 0. The van der Waals surface area contributed by atoms with Crippen LogP contribution in [-0.2, 0) is 0 Å². The Balaban J connectivity index is 0.000000128. The standard InChI is InChI=1S/C7H5NS.C6H6OS/c1-2-4-7-6(3-1)8-5-9-7;7-5-1-3-6(8)4-2-5/h1-5H;1-4,7-8H. The van der Waals surface area contributed by atoms with Gasteiger partial charge in [0.25, 0.3) is 0 Å². The zero-order valence-electron chi connectivity index (χ0n) is 8.95. The van der Waals surface area contributed by atoms with Crippen LogP contribution in [0.15, 0.2) is 58.9 Å². The van der Waals surface area contributed by atoms with Crippen LogP contribution >= 0.6 is 24.0 Å². The van der Waals surface area contributed by atoms with Gasteiger partial charge in [-0.25, -0.2) is 4.98 Å². The summed E-state index contributed by atoms with van der Waals surface area (Å²) in [6.07, 6.45) is 0. The van der Waals surface area contributed by atoms with Gasteiger partial charge in [-0.15, -0.1) is 24.0 Å². The largest absolute Gasteiger partial charge is 0.508 e. The monoisotopic (exact) mass is 261 g/mol. The fourth-order valence-corrected chi connectivity index (χ4v) is 2.08. The molecule has 3 rings (SSSR count). The van der Waals surface area contributed by atoms with Crippen LogP contribution in [0.4, 0.5) is 0 Å². The minimum Gasteiger partial charge on any atom is -0.508 e. The van der Waals surface area contributed by atoms with Gasteiger partial charge in [-0.2, -0.15) is 0 Å². The van der Waals surface area contributed by atoms with E-state index >= 15 is 0 Å². The predicted molar refractivity (Wildman–Crippen MR) is 75.0 cm³/mol. The average molecular weight is 261 g/mol. The van der Waals surface area contributed by atoms with Crippen molar-refractivity contribution in [3.8, 4) is 5.75 Å². The summed E-state index contributed by atoms with van der Waals surface area (Å²) < 4.78 is 1.26. The molecule has 2 aromatic carbocycles. The maximum atomic E-state index is 8.72. The van der Waals surface area contributed by atoms with Gasteiger partial charge >= 0.3 is 0 Å². The number of aromatic hydroxyl groups is 1. The van der Waals surface area contributed by atoms with E-state index < -0.39 is 0 Å². The second kappa shape index (κ2) is 5.70. The summed E-state index contributed by atoms with van der Waals surface area (Å²) >= 11 is 5.70. The summed E-state index contributed by atoms with van der Waals surface area (Å²) in [5, 5.41) is 8.72. The van der Waals surface area contributed by atoms with Gasteiger partial charge in [0.1, 0.15) is 5.75 Å². The molecule has 0 aliphatic heterocycles. The predicted octanol–water partition coefficient (Wildman–Crippen LogP) is 3.98. The number of phenols is 1. The third kappa shape index (κ3) is 3.47. The number of rotatable bonds is 0. The van der Waals surface area contributed by atoms with Crippen molar-refractivity contribution < 1.29 is 5.11 Å². The molecule has 86 valence electrons.